The largest absolute Gasteiger partial charge is 2.00 e. The number of hydrogen-bond acceptors (Lipinski definition) is 5. The van der Waals surface area contributed by atoms with E-state index in [4.69, 9.17) is 15.0 Å². The summed E-state index contributed by atoms with van der Waals surface area (Å²) in [7, 11) is 0. The van der Waals surface area contributed by atoms with Crippen LogP contribution in [0.1, 0.15) is 110 Å². The van der Waals surface area contributed by atoms with Crippen molar-refractivity contribution in [3.05, 3.63) is 0 Å². The zero-order chi connectivity index (χ0) is 18.5. The molecule has 0 aliphatic heterocycles. The van der Waals surface area contributed by atoms with Crippen molar-refractivity contribution in [3.63, 3.8) is 0 Å². The summed E-state index contributed by atoms with van der Waals surface area (Å²) < 4.78 is 0. The summed E-state index contributed by atoms with van der Waals surface area (Å²) in [6.07, 6.45) is 17.5. The molecule has 0 fully saturated rings. The number of unbranched alkanes of at least 4 members (excludes halogenated alkanes) is 14. The molecule has 0 N–H and O–H groups in total. The fourth-order valence-corrected chi connectivity index (χ4v) is 2.64. The van der Waals surface area contributed by atoms with E-state index in [1.807, 2.05) is 0 Å². The Balaban J connectivity index is -0.000000363. The smallest absolute Gasteiger partial charge is 0.652 e. The normalized spacial score (nSPS) is 9.27. The van der Waals surface area contributed by atoms with E-state index in [1.165, 1.54) is 83.5 Å². The molecule has 0 radical (unpaired) electrons. The summed E-state index contributed by atoms with van der Waals surface area (Å²) in [6, 6.07) is 0. The van der Waals surface area contributed by atoms with E-state index in [1.54, 1.807) is 0 Å². The minimum Gasteiger partial charge on any atom is -0.652 e. The standard InChI is InChI=1S/C18H36O2.CH2O3.Ca.Zn/c1-2-3-4-5-6-7-8-9-10-11-12-13-14-15-16-17-18(19)20;2-1(3)4;;/h2-17H2,1H3,(H,19,20);(H2,2,3,4);;/q;;2*+2/p-3. The van der Waals surface area contributed by atoms with Crippen LogP contribution in [-0.2, 0) is 24.3 Å². The Hall–Kier alpha value is 0.623. The minimum atomic E-state index is -2.33. The summed E-state index contributed by atoms with van der Waals surface area (Å²) in [5, 5.41) is 26.9. The second-order valence-electron chi connectivity index (χ2n) is 6.32. The third-order valence-corrected chi connectivity index (χ3v) is 3.98. The summed E-state index contributed by atoms with van der Waals surface area (Å²) >= 11 is 0. The van der Waals surface area contributed by atoms with Crippen molar-refractivity contribution in [2.45, 2.75) is 110 Å². The van der Waals surface area contributed by atoms with Gasteiger partial charge in [-0.25, -0.2) is 0 Å². The molecule has 0 aromatic heterocycles. The Kier molecular flexibility index (Phi) is 39.9. The molecule has 26 heavy (non-hydrogen) atoms. The predicted octanol–water partition coefficient (Wildman–Crippen LogP) is 2.17. The first kappa shape index (κ1) is 34.2. The van der Waals surface area contributed by atoms with Gasteiger partial charge in [-0.3, -0.25) is 0 Å². The van der Waals surface area contributed by atoms with Crippen LogP contribution in [0.25, 0.3) is 0 Å². The molecule has 0 aliphatic carbocycles. The van der Waals surface area contributed by atoms with Gasteiger partial charge in [-0.05, 0) is 19.0 Å². The van der Waals surface area contributed by atoms with Gasteiger partial charge in [0.25, 0.3) is 0 Å². The van der Waals surface area contributed by atoms with Gasteiger partial charge in [0.2, 0.25) is 0 Å². The first-order chi connectivity index (χ1) is 11.5. The Morgan fingerprint density at radius 2 is 0.808 bits per heavy atom. The maximum atomic E-state index is 10.2. The van der Waals surface area contributed by atoms with Crippen LogP contribution in [0.15, 0.2) is 0 Å². The first-order valence-electron chi connectivity index (χ1n) is 9.58. The van der Waals surface area contributed by atoms with Crippen molar-refractivity contribution in [2.24, 2.45) is 0 Å². The molecule has 7 heteroatoms. The van der Waals surface area contributed by atoms with Crippen molar-refractivity contribution in [1.29, 1.82) is 0 Å². The summed E-state index contributed by atoms with van der Waals surface area (Å²) in [5.74, 6) is -0.903. The fourth-order valence-electron chi connectivity index (χ4n) is 2.64. The van der Waals surface area contributed by atoms with Crippen LogP contribution in [0.3, 0.4) is 0 Å². The zero-order valence-corrected chi connectivity index (χ0v) is 21.9. The van der Waals surface area contributed by atoms with E-state index in [2.05, 4.69) is 6.92 Å². The number of carbonyl (C=O) groups excluding carboxylic acids is 2. The molecule has 0 aromatic carbocycles. The van der Waals surface area contributed by atoms with Crippen molar-refractivity contribution in [2.75, 3.05) is 0 Å². The molecular formula is C19H35CaO5Zn+. The molecule has 0 bridgehead atoms. The minimum absolute atomic E-state index is 0. The molecule has 0 spiro atoms. The number of rotatable bonds is 16. The summed E-state index contributed by atoms with van der Waals surface area (Å²) in [5.41, 5.74) is 0. The van der Waals surface area contributed by atoms with Crippen molar-refractivity contribution in [1.82, 2.24) is 0 Å². The molecular weight excluding hydrogens is 414 g/mol. The average molecular weight is 449 g/mol. The molecule has 5 nitrogen and oxygen atoms in total. The van der Waals surface area contributed by atoms with Crippen LogP contribution in [0.2, 0.25) is 0 Å². The number of carboxylic acid groups (broad SMARTS) is 3. The Labute approximate surface area is 202 Å². The van der Waals surface area contributed by atoms with Crippen LogP contribution < -0.4 is 15.3 Å². The van der Waals surface area contributed by atoms with Gasteiger partial charge in [-0.15, -0.1) is 0 Å². The fraction of sp³-hybridized carbons (Fsp3) is 0.895. The molecule has 0 saturated carbocycles. The topological polar surface area (TPSA) is 103 Å². The van der Waals surface area contributed by atoms with Gasteiger partial charge in [0, 0.05) is 5.97 Å². The molecule has 0 aromatic rings. The van der Waals surface area contributed by atoms with Crippen LogP contribution in [0, 0.1) is 0 Å². The Morgan fingerprint density at radius 3 is 1.04 bits per heavy atom. The van der Waals surface area contributed by atoms with E-state index in [0.29, 0.717) is 0 Å². The molecule has 0 atom stereocenters. The number of hydrogen-bond donors (Lipinski definition) is 0. The zero-order valence-electron chi connectivity index (χ0n) is 16.8. The number of aliphatic carboxylic acids is 1. The van der Waals surface area contributed by atoms with Crippen LogP contribution in [0.5, 0.6) is 0 Å². The van der Waals surface area contributed by atoms with E-state index in [0.717, 1.165) is 12.8 Å². The van der Waals surface area contributed by atoms with Gasteiger partial charge in [-0.2, -0.15) is 0 Å². The van der Waals surface area contributed by atoms with Gasteiger partial charge in [-0.1, -0.05) is 96.8 Å². The second kappa shape index (κ2) is 30.4. The van der Waals surface area contributed by atoms with Crippen LogP contribution in [-0.4, -0.2) is 49.9 Å². The van der Waals surface area contributed by atoms with Gasteiger partial charge in [0.15, 0.2) is 0 Å². The predicted molar refractivity (Wildman–Crippen MR) is 95.7 cm³/mol. The molecule has 0 heterocycles. The van der Waals surface area contributed by atoms with Gasteiger partial charge in [0.1, 0.15) is 0 Å². The first-order valence-corrected chi connectivity index (χ1v) is 9.58. The molecule has 0 aliphatic rings. The average Bonchev–Trinajstić information content (AvgIpc) is 2.50. The quantitative estimate of drug-likeness (QED) is 0.266. The van der Waals surface area contributed by atoms with Crippen molar-refractivity contribution in [3.8, 4) is 0 Å². The molecule has 0 amide bonds. The molecule has 0 saturated heterocycles. The number of carbonyl (C=O) groups is 2. The summed E-state index contributed by atoms with van der Waals surface area (Å²) in [6.45, 7) is 2.27. The van der Waals surface area contributed by atoms with E-state index < -0.39 is 12.1 Å². The Morgan fingerprint density at radius 1 is 0.577 bits per heavy atom. The summed E-state index contributed by atoms with van der Waals surface area (Å²) in [4.78, 5) is 18.6. The number of carboxylic acids is 1. The SMILES string of the molecule is CCCCCCCCCCCCCCCCCC(=O)[O-].O=C([O-])[O-].[Ca+2].[Zn+2]. The van der Waals surface area contributed by atoms with Crippen LogP contribution >= 0.6 is 0 Å². The maximum absolute atomic E-state index is 10.2. The third kappa shape index (κ3) is 44.2. The van der Waals surface area contributed by atoms with E-state index >= 15 is 0 Å². The maximum Gasteiger partial charge on any atom is 2.00 e. The third-order valence-electron chi connectivity index (χ3n) is 3.98. The monoisotopic (exact) mass is 447 g/mol. The van der Waals surface area contributed by atoms with Crippen molar-refractivity contribution < 1.29 is 44.4 Å². The van der Waals surface area contributed by atoms with E-state index in [-0.39, 0.29) is 63.6 Å². The van der Waals surface area contributed by atoms with Gasteiger partial charge < -0.3 is 24.9 Å². The second-order valence-corrected chi connectivity index (χ2v) is 6.32. The van der Waals surface area contributed by atoms with E-state index in [9.17, 15) is 9.90 Å². The van der Waals surface area contributed by atoms with Crippen molar-refractivity contribution >= 4 is 49.9 Å². The van der Waals surface area contributed by atoms with Gasteiger partial charge in [0.05, 0.1) is 0 Å². The molecule has 0 unspecified atom stereocenters. The van der Waals surface area contributed by atoms with Crippen LogP contribution in [0.4, 0.5) is 4.79 Å². The molecule has 0 rings (SSSR count). The Bertz CT molecular complexity index is 287. The molecule has 144 valence electrons. The van der Waals surface area contributed by atoms with Gasteiger partial charge >= 0.3 is 57.2 Å².